The van der Waals surface area contributed by atoms with E-state index in [2.05, 4.69) is 6.26 Å². The van der Waals surface area contributed by atoms with Crippen LogP contribution in [0.25, 0.3) is 0 Å². The second kappa shape index (κ2) is 8.53. The molecule has 3 atom stereocenters. The number of thioether (sulfide) groups is 1. The molecular weight excluding hydrogens is 198 g/mol. The molecule has 0 aliphatic heterocycles. The fraction of sp³-hybridized carbons (Fsp3) is 1.00. The van der Waals surface area contributed by atoms with Crippen molar-refractivity contribution in [3.8, 4) is 0 Å². The normalized spacial score (nSPS) is 17.8. The molecule has 0 saturated heterocycles. The monoisotopic (exact) mass is 221 g/mol. The molecule has 4 heteroatoms. The van der Waals surface area contributed by atoms with E-state index in [1.807, 2.05) is 18.7 Å². The van der Waals surface area contributed by atoms with Crippen molar-refractivity contribution in [1.82, 2.24) is 0 Å². The Kier molecular flexibility index (Phi) is 8.67. The molecule has 0 aromatic carbocycles. The van der Waals surface area contributed by atoms with Crippen molar-refractivity contribution in [2.24, 2.45) is 5.73 Å². The zero-order valence-electron chi connectivity index (χ0n) is 9.40. The van der Waals surface area contributed by atoms with Gasteiger partial charge in [0.1, 0.15) is 0 Å². The van der Waals surface area contributed by atoms with Gasteiger partial charge in [0.25, 0.3) is 0 Å². The Balaban J connectivity index is 3.67. The Morgan fingerprint density at radius 3 is 2.50 bits per heavy atom. The molecule has 0 aromatic heterocycles. The second-order valence-electron chi connectivity index (χ2n) is 3.57. The Bertz CT molecular complexity index is 133. The summed E-state index contributed by atoms with van der Waals surface area (Å²) in [4.78, 5) is 0. The third-order valence-electron chi connectivity index (χ3n) is 2.22. The van der Waals surface area contributed by atoms with Crippen LogP contribution in [0.15, 0.2) is 0 Å². The molecule has 3 N–H and O–H groups in total. The van der Waals surface area contributed by atoms with Crippen molar-refractivity contribution in [3.63, 3.8) is 0 Å². The molecule has 0 bridgehead atoms. The van der Waals surface area contributed by atoms with Gasteiger partial charge < -0.3 is 15.6 Å². The second-order valence-corrected chi connectivity index (χ2v) is 4.56. The molecule has 0 rings (SSSR count). The molecule has 0 heterocycles. The lowest BCUT2D eigenvalue weighted by Gasteiger charge is -2.23. The van der Waals surface area contributed by atoms with Gasteiger partial charge in [-0.1, -0.05) is 0 Å². The minimum atomic E-state index is -0.426. The van der Waals surface area contributed by atoms with Crippen LogP contribution < -0.4 is 5.73 Å². The molecule has 0 saturated carbocycles. The van der Waals surface area contributed by atoms with E-state index in [0.29, 0.717) is 6.54 Å². The van der Waals surface area contributed by atoms with Crippen LogP contribution in [-0.4, -0.2) is 42.0 Å². The van der Waals surface area contributed by atoms with E-state index in [-0.39, 0.29) is 12.2 Å². The summed E-state index contributed by atoms with van der Waals surface area (Å²) in [5, 5.41) is 9.27. The van der Waals surface area contributed by atoms with E-state index >= 15 is 0 Å². The summed E-state index contributed by atoms with van der Waals surface area (Å²) in [5.41, 5.74) is 5.59. The average molecular weight is 221 g/mol. The van der Waals surface area contributed by atoms with Gasteiger partial charge in [0.05, 0.1) is 18.3 Å². The van der Waals surface area contributed by atoms with Crippen molar-refractivity contribution in [1.29, 1.82) is 0 Å². The van der Waals surface area contributed by atoms with Crippen molar-refractivity contribution < 1.29 is 9.84 Å². The first-order chi connectivity index (χ1) is 6.61. The van der Waals surface area contributed by atoms with Crippen LogP contribution in [0.2, 0.25) is 0 Å². The van der Waals surface area contributed by atoms with Gasteiger partial charge in [-0.25, -0.2) is 0 Å². The Morgan fingerprint density at radius 1 is 1.43 bits per heavy atom. The summed E-state index contributed by atoms with van der Waals surface area (Å²) in [5.74, 6) is 1.14. The van der Waals surface area contributed by atoms with Crippen molar-refractivity contribution >= 4 is 11.8 Å². The molecule has 0 aromatic rings. The van der Waals surface area contributed by atoms with E-state index in [1.54, 1.807) is 6.92 Å². The predicted molar refractivity (Wildman–Crippen MR) is 62.7 cm³/mol. The minimum absolute atomic E-state index is 0.0896. The first kappa shape index (κ1) is 14.2. The Hall–Kier alpha value is 0.230. The smallest absolute Gasteiger partial charge is 0.0807 e. The number of nitrogens with two attached hydrogens (primary N) is 1. The highest BCUT2D eigenvalue weighted by Crippen LogP contribution is 2.09. The molecule has 0 aliphatic rings. The van der Waals surface area contributed by atoms with Crippen LogP contribution in [0.4, 0.5) is 0 Å². The standard InChI is InChI=1S/C10H23NO2S/c1-8(12)9(2)13-10(7-11)5-4-6-14-3/h8-10,12H,4-7,11H2,1-3H3. The minimum Gasteiger partial charge on any atom is -0.391 e. The molecule has 0 amide bonds. The number of rotatable bonds is 8. The quantitative estimate of drug-likeness (QED) is 0.606. The molecule has 3 unspecified atom stereocenters. The van der Waals surface area contributed by atoms with Gasteiger partial charge in [0.15, 0.2) is 0 Å². The van der Waals surface area contributed by atoms with Crippen LogP contribution in [0, 0.1) is 0 Å². The zero-order valence-corrected chi connectivity index (χ0v) is 10.2. The molecule has 0 spiro atoms. The summed E-state index contributed by atoms with van der Waals surface area (Å²) >= 11 is 1.83. The molecular formula is C10H23NO2S. The highest BCUT2D eigenvalue weighted by Gasteiger charge is 2.15. The van der Waals surface area contributed by atoms with Crippen molar-refractivity contribution in [2.45, 2.75) is 45.0 Å². The van der Waals surface area contributed by atoms with Gasteiger partial charge in [-0.15, -0.1) is 0 Å². The first-order valence-electron chi connectivity index (χ1n) is 5.14. The number of aliphatic hydroxyl groups is 1. The molecule has 3 nitrogen and oxygen atoms in total. The molecule has 86 valence electrons. The number of hydrogen-bond acceptors (Lipinski definition) is 4. The van der Waals surface area contributed by atoms with Crippen LogP contribution in [0.5, 0.6) is 0 Å². The third-order valence-corrected chi connectivity index (χ3v) is 2.92. The zero-order chi connectivity index (χ0) is 11.0. The van der Waals surface area contributed by atoms with E-state index in [9.17, 15) is 5.11 Å². The number of hydrogen-bond donors (Lipinski definition) is 2. The highest BCUT2D eigenvalue weighted by molar-refractivity contribution is 7.98. The molecule has 0 radical (unpaired) electrons. The average Bonchev–Trinajstić information content (AvgIpc) is 2.16. The maximum absolute atomic E-state index is 9.27. The van der Waals surface area contributed by atoms with Crippen LogP contribution in [-0.2, 0) is 4.74 Å². The van der Waals surface area contributed by atoms with Gasteiger partial charge in [0, 0.05) is 6.54 Å². The molecule has 0 fully saturated rings. The van der Waals surface area contributed by atoms with Gasteiger partial charge in [0.2, 0.25) is 0 Å². The summed E-state index contributed by atoms with van der Waals surface area (Å²) in [6.07, 6.45) is 3.73. The van der Waals surface area contributed by atoms with Crippen LogP contribution in [0.1, 0.15) is 26.7 Å². The van der Waals surface area contributed by atoms with Crippen molar-refractivity contribution in [2.75, 3.05) is 18.6 Å². The van der Waals surface area contributed by atoms with E-state index in [0.717, 1.165) is 18.6 Å². The van der Waals surface area contributed by atoms with Crippen LogP contribution in [0.3, 0.4) is 0 Å². The third kappa shape index (κ3) is 6.65. The lowest BCUT2D eigenvalue weighted by molar-refractivity contribution is -0.0601. The maximum Gasteiger partial charge on any atom is 0.0807 e. The van der Waals surface area contributed by atoms with Crippen LogP contribution >= 0.6 is 11.8 Å². The Morgan fingerprint density at radius 2 is 2.07 bits per heavy atom. The maximum atomic E-state index is 9.27. The number of ether oxygens (including phenoxy) is 1. The topological polar surface area (TPSA) is 55.5 Å². The summed E-state index contributed by atoms with van der Waals surface area (Å²) in [6.45, 7) is 4.15. The first-order valence-corrected chi connectivity index (χ1v) is 6.53. The van der Waals surface area contributed by atoms with E-state index in [1.165, 1.54) is 0 Å². The Labute approximate surface area is 91.4 Å². The lowest BCUT2D eigenvalue weighted by Crippen LogP contribution is -2.33. The van der Waals surface area contributed by atoms with Gasteiger partial charge in [-0.3, -0.25) is 0 Å². The number of aliphatic hydroxyl groups excluding tert-OH is 1. The highest BCUT2D eigenvalue weighted by atomic mass is 32.2. The SMILES string of the molecule is CSCCCC(CN)OC(C)C(C)O. The lowest BCUT2D eigenvalue weighted by atomic mass is 10.2. The summed E-state index contributed by atoms with van der Waals surface area (Å²) in [6, 6.07) is 0. The molecule has 0 aliphatic carbocycles. The van der Waals surface area contributed by atoms with Crippen molar-refractivity contribution in [3.05, 3.63) is 0 Å². The predicted octanol–water partition coefficient (Wildman–Crippen LogP) is 1.24. The summed E-state index contributed by atoms with van der Waals surface area (Å²) < 4.78 is 5.62. The largest absolute Gasteiger partial charge is 0.391 e. The van der Waals surface area contributed by atoms with E-state index in [4.69, 9.17) is 10.5 Å². The fourth-order valence-electron chi connectivity index (χ4n) is 1.11. The van der Waals surface area contributed by atoms with Gasteiger partial charge >= 0.3 is 0 Å². The van der Waals surface area contributed by atoms with Gasteiger partial charge in [-0.2, -0.15) is 11.8 Å². The van der Waals surface area contributed by atoms with E-state index < -0.39 is 6.10 Å². The van der Waals surface area contributed by atoms with Gasteiger partial charge in [-0.05, 0) is 38.7 Å². The fourth-order valence-corrected chi connectivity index (χ4v) is 1.57. The summed E-state index contributed by atoms with van der Waals surface area (Å²) in [7, 11) is 0. The molecule has 14 heavy (non-hydrogen) atoms.